The normalized spacial score (nSPS) is 20.1. The zero-order valence-corrected chi connectivity index (χ0v) is 14.7. The van der Waals surface area contributed by atoms with E-state index in [4.69, 9.17) is 15.2 Å². The number of ether oxygens (including phenoxy) is 2. The van der Waals surface area contributed by atoms with Crippen molar-refractivity contribution in [3.63, 3.8) is 0 Å². The van der Waals surface area contributed by atoms with Crippen LogP contribution in [0.5, 0.6) is 0 Å². The number of anilines is 2. The summed E-state index contributed by atoms with van der Waals surface area (Å²) in [5, 5.41) is 2.50. The highest BCUT2D eigenvalue weighted by molar-refractivity contribution is 5.93. The standard InChI is InChI=1S/C17H20FN4O5/c1-26-14-9-21(16(19)24)8-10(14)6-15(23)20-13-3-2-11(7-12(13)18)22-4-5-27-17(22)25/h2-3,7,14H,4-6,8-9H2,1H3,(H2,19,24)(H,20,23)/t14-/m1/s1. The summed E-state index contributed by atoms with van der Waals surface area (Å²) < 4.78 is 24.4. The van der Waals surface area contributed by atoms with Gasteiger partial charge in [-0.1, -0.05) is 0 Å². The quantitative estimate of drug-likeness (QED) is 0.795. The monoisotopic (exact) mass is 379 g/mol. The summed E-state index contributed by atoms with van der Waals surface area (Å²) in [5.41, 5.74) is 5.61. The number of carbonyl (C=O) groups is 3. The van der Waals surface area contributed by atoms with Crippen molar-refractivity contribution in [2.45, 2.75) is 12.5 Å². The molecule has 2 fully saturated rings. The van der Waals surface area contributed by atoms with E-state index in [-0.39, 0.29) is 31.8 Å². The van der Waals surface area contributed by atoms with Gasteiger partial charge in [0.2, 0.25) is 5.91 Å². The van der Waals surface area contributed by atoms with Gasteiger partial charge in [0.05, 0.1) is 24.0 Å². The van der Waals surface area contributed by atoms with Crippen LogP contribution < -0.4 is 16.0 Å². The van der Waals surface area contributed by atoms with Gasteiger partial charge in [-0.25, -0.2) is 14.0 Å². The number of methoxy groups -OCH3 is 1. The minimum absolute atomic E-state index is 0.00404. The van der Waals surface area contributed by atoms with Crippen molar-refractivity contribution >= 4 is 29.4 Å². The largest absolute Gasteiger partial charge is 0.447 e. The van der Waals surface area contributed by atoms with Crippen LogP contribution in [-0.2, 0) is 14.3 Å². The Morgan fingerprint density at radius 1 is 1.44 bits per heavy atom. The van der Waals surface area contributed by atoms with Crippen LogP contribution in [0.2, 0.25) is 0 Å². The number of hydrogen-bond donors (Lipinski definition) is 2. The van der Waals surface area contributed by atoms with Gasteiger partial charge in [0, 0.05) is 32.5 Å². The predicted molar refractivity (Wildman–Crippen MR) is 93.5 cm³/mol. The van der Waals surface area contributed by atoms with Crippen molar-refractivity contribution in [2.24, 2.45) is 5.73 Å². The van der Waals surface area contributed by atoms with Crippen LogP contribution in [0.15, 0.2) is 18.2 Å². The van der Waals surface area contributed by atoms with E-state index < -0.39 is 30.0 Å². The molecule has 4 amide bonds. The molecule has 9 nitrogen and oxygen atoms in total. The molecule has 0 aliphatic carbocycles. The van der Waals surface area contributed by atoms with Gasteiger partial charge < -0.3 is 25.4 Å². The van der Waals surface area contributed by atoms with E-state index in [2.05, 4.69) is 5.32 Å². The van der Waals surface area contributed by atoms with Gasteiger partial charge in [-0.05, 0) is 18.2 Å². The Bertz CT molecular complexity index is 759. The molecule has 0 unspecified atom stereocenters. The molecule has 0 saturated carbocycles. The minimum atomic E-state index is -0.668. The SMILES string of the molecule is CO[C@@H]1CN(C(N)=O)C[C]1CC(=O)Nc1ccc(N2CCOC2=O)cc1F. The van der Waals surface area contributed by atoms with Gasteiger partial charge in [0.15, 0.2) is 0 Å². The second-order valence-electron chi connectivity index (χ2n) is 6.26. The lowest BCUT2D eigenvalue weighted by Gasteiger charge is -2.16. The van der Waals surface area contributed by atoms with E-state index in [1.54, 1.807) is 0 Å². The molecule has 3 rings (SSSR count). The Morgan fingerprint density at radius 2 is 2.22 bits per heavy atom. The topological polar surface area (TPSA) is 114 Å². The van der Waals surface area contributed by atoms with Crippen molar-refractivity contribution in [1.29, 1.82) is 0 Å². The van der Waals surface area contributed by atoms with Crippen LogP contribution in [0.25, 0.3) is 0 Å². The van der Waals surface area contributed by atoms with Crippen molar-refractivity contribution in [3.05, 3.63) is 29.9 Å². The molecule has 10 heteroatoms. The van der Waals surface area contributed by atoms with E-state index in [1.807, 2.05) is 0 Å². The highest BCUT2D eigenvalue weighted by atomic mass is 19.1. The highest BCUT2D eigenvalue weighted by Gasteiger charge is 2.36. The predicted octanol–water partition coefficient (Wildman–Crippen LogP) is 1.09. The lowest BCUT2D eigenvalue weighted by Crippen LogP contribution is -2.34. The number of nitrogens with two attached hydrogens (primary N) is 1. The number of cyclic esters (lactones) is 1. The molecule has 2 saturated heterocycles. The van der Waals surface area contributed by atoms with Gasteiger partial charge >= 0.3 is 12.1 Å². The van der Waals surface area contributed by atoms with E-state index in [0.717, 1.165) is 6.07 Å². The molecule has 1 radical (unpaired) electrons. The molecule has 145 valence electrons. The number of likely N-dealkylation sites (tertiary alicyclic amines) is 1. The van der Waals surface area contributed by atoms with Crippen molar-refractivity contribution in [2.75, 3.05) is 43.6 Å². The number of hydrogen-bond acceptors (Lipinski definition) is 5. The molecule has 1 aromatic rings. The number of carbonyl (C=O) groups excluding carboxylic acids is 3. The number of nitrogens with zero attached hydrogens (tertiary/aromatic N) is 2. The average molecular weight is 379 g/mol. The van der Waals surface area contributed by atoms with Crippen molar-refractivity contribution in [3.8, 4) is 0 Å². The number of benzene rings is 1. The molecule has 0 aromatic heterocycles. The average Bonchev–Trinajstić information content (AvgIpc) is 3.22. The lowest BCUT2D eigenvalue weighted by atomic mass is 10.0. The van der Waals surface area contributed by atoms with Gasteiger partial charge in [-0.15, -0.1) is 0 Å². The van der Waals surface area contributed by atoms with Crippen LogP contribution in [-0.4, -0.2) is 62.4 Å². The second kappa shape index (κ2) is 7.78. The van der Waals surface area contributed by atoms with Gasteiger partial charge in [0.25, 0.3) is 0 Å². The van der Waals surface area contributed by atoms with Crippen LogP contribution in [0.1, 0.15) is 6.42 Å². The summed E-state index contributed by atoms with van der Waals surface area (Å²) in [6, 6.07) is 3.49. The minimum Gasteiger partial charge on any atom is -0.447 e. The lowest BCUT2D eigenvalue weighted by molar-refractivity contribution is -0.116. The van der Waals surface area contributed by atoms with Crippen molar-refractivity contribution in [1.82, 2.24) is 4.90 Å². The number of amides is 4. The van der Waals surface area contributed by atoms with Crippen LogP contribution in [0.4, 0.5) is 25.4 Å². The Hall–Kier alpha value is -2.88. The molecule has 1 aromatic carbocycles. The first-order valence-corrected chi connectivity index (χ1v) is 8.34. The smallest absolute Gasteiger partial charge is 0.414 e. The third-order valence-corrected chi connectivity index (χ3v) is 4.52. The van der Waals surface area contributed by atoms with E-state index in [0.29, 0.717) is 18.2 Å². The number of halogens is 1. The zero-order valence-electron chi connectivity index (χ0n) is 14.7. The first-order valence-electron chi connectivity index (χ1n) is 8.34. The number of rotatable bonds is 5. The molecule has 1 atom stereocenters. The Labute approximate surface area is 155 Å². The van der Waals surface area contributed by atoms with Crippen LogP contribution >= 0.6 is 0 Å². The summed E-state index contributed by atoms with van der Waals surface area (Å²) in [6.07, 6.45) is -0.952. The molecular formula is C17H20FN4O5. The molecule has 27 heavy (non-hydrogen) atoms. The second-order valence-corrected chi connectivity index (χ2v) is 6.26. The third kappa shape index (κ3) is 4.11. The fraction of sp³-hybridized carbons (Fsp3) is 0.412. The Kier molecular flexibility index (Phi) is 5.45. The maximum atomic E-state index is 14.3. The molecule has 2 aliphatic rings. The van der Waals surface area contributed by atoms with Gasteiger partial charge in [-0.3, -0.25) is 9.69 Å². The van der Waals surface area contributed by atoms with Crippen LogP contribution in [0.3, 0.4) is 0 Å². The molecule has 0 bridgehead atoms. The maximum Gasteiger partial charge on any atom is 0.414 e. The first kappa shape index (κ1) is 18.9. The fourth-order valence-corrected chi connectivity index (χ4v) is 3.12. The van der Waals surface area contributed by atoms with E-state index in [1.165, 1.54) is 29.0 Å². The summed E-state index contributed by atoms with van der Waals surface area (Å²) in [4.78, 5) is 37.8. The van der Waals surface area contributed by atoms with E-state index in [9.17, 15) is 18.8 Å². The van der Waals surface area contributed by atoms with E-state index >= 15 is 0 Å². The number of urea groups is 1. The number of primary amides is 1. The Morgan fingerprint density at radius 3 is 2.81 bits per heavy atom. The summed E-state index contributed by atoms with van der Waals surface area (Å²) in [6.45, 7) is 1.10. The molecule has 2 aliphatic heterocycles. The summed E-state index contributed by atoms with van der Waals surface area (Å²) in [5.74, 6) is -0.421. The van der Waals surface area contributed by atoms with Crippen molar-refractivity contribution < 1.29 is 28.2 Å². The summed E-state index contributed by atoms with van der Waals surface area (Å²) in [7, 11) is 1.48. The highest BCUT2D eigenvalue weighted by Crippen LogP contribution is 2.27. The number of nitrogens with one attached hydrogen (secondary N) is 1. The van der Waals surface area contributed by atoms with Gasteiger partial charge in [0.1, 0.15) is 12.4 Å². The third-order valence-electron chi connectivity index (χ3n) is 4.52. The fourth-order valence-electron chi connectivity index (χ4n) is 3.12. The zero-order chi connectivity index (χ0) is 19.6. The Balaban J connectivity index is 1.62. The van der Waals surface area contributed by atoms with Gasteiger partial charge in [-0.2, -0.15) is 0 Å². The van der Waals surface area contributed by atoms with Crippen LogP contribution in [0, 0.1) is 11.7 Å². The molecule has 2 heterocycles. The molecule has 0 spiro atoms. The molecule has 3 N–H and O–H groups in total. The first-order chi connectivity index (χ1) is 12.9. The summed E-state index contributed by atoms with van der Waals surface area (Å²) >= 11 is 0. The maximum absolute atomic E-state index is 14.3. The molecular weight excluding hydrogens is 359 g/mol.